The quantitative estimate of drug-likeness (QED) is 0.761. The number of benzene rings is 2. The Bertz CT molecular complexity index is 782. The molecule has 1 amide bonds. The van der Waals surface area contributed by atoms with E-state index in [4.69, 9.17) is 0 Å². The first-order chi connectivity index (χ1) is 11.2. The molecule has 118 valence electrons. The molecule has 0 radical (unpaired) electrons. The van der Waals surface area contributed by atoms with E-state index in [1.807, 2.05) is 49.4 Å². The van der Waals surface area contributed by atoms with E-state index >= 15 is 0 Å². The van der Waals surface area contributed by atoms with Crippen molar-refractivity contribution in [3.8, 4) is 0 Å². The Morgan fingerprint density at radius 3 is 2.70 bits per heavy atom. The van der Waals surface area contributed by atoms with Crippen LogP contribution in [0.1, 0.15) is 18.9 Å². The maximum absolute atomic E-state index is 12.2. The van der Waals surface area contributed by atoms with E-state index < -0.39 is 0 Å². The van der Waals surface area contributed by atoms with Crippen molar-refractivity contribution in [1.82, 2.24) is 20.3 Å². The number of carbonyl (C=O) groups excluding carboxylic acids is 1. The maximum atomic E-state index is 12.2. The average Bonchev–Trinajstić information content (AvgIpc) is 2.97. The summed E-state index contributed by atoms with van der Waals surface area (Å²) in [5.41, 5.74) is 2.97. The minimum atomic E-state index is -0.0405. The van der Waals surface area contributed by atoms with Crippen LogP contribution in [0.25, 0.3) is 11.0 Å². The zero-order valence-electron chi connectivity index (χ0n) is 13.1. The lowest BCUT2D eigenvalue weighted by Gasteiger charge is -2.14. The van der Waals surface area contributed by atoms with Crippen molar-refractivity contribution in [2.75, 3.05) is 0 Å². The van der Waals surface area contributed by atoms with Gasteiger partial charge in [-0.3, -0.25) is 4.79 Å². The highest BCUT2D eigenvalue weighted by molar-refractivity contribution is 5.79. The largest absolute Gasteiger partial charge is 0.352 e. The van der Waals surface area contributed by atoms with Gasteiger partial charge >= 0.3 is 0 Å². The molecular formula is C18H20N4O. The van der Waals surface area contributed by atoms with Gasteiger partial charge in [0.05, 0.1) is 5.52 Å². The minimum absolute atomic E-state index is 0.0405. The fraction of sp³-hybridized carbons (Fsp3) is 0.278. The normalized spacial score (nSPS) is 12.2. The summed E-state index contributed by atoms with van der Waals surface area (Å²) in [6, 6.07) is 18.1. The molecule has 1 unspecified atom stereocenters. The Hall–Kier alpha value is -2.69. The Balaban J connectivity index is 1.52. The molecule has 3 aromatic rings. The second-order valence-electron chi connectivity index (χ2n) is 5.73. The highest BCUT2D eigenvalue weighted by Gasteiger charge is 2.11. The first kappa shape index (κ1) is 15.2. The predicted octanol–water partition coefficient (Wildman–Crippen LogP) is 2.57. The fourth-order valence-electron chi connectivity index (χ4n) is 2.59. The Morgan fingerprint density at radius 1 is 1.13 bits per heavy atom. The second-order valence-corrected chi connectivity index (χ2v) is 5.73. The number of rotatable bonds is 6. The molecule has 5 nitrogen and oxygen atoms in total. The molecule has 1 aromatic heterocycles. The van der Waals surface area contributed by atoms with Crippen LogP contribution in [0.2, 0.25) is 0 Å². The molecule has 23 heavy (non-hydrogen) atoms. The Labute approximate surface area is 135 Å². The topological polar surface area (TPSA) is 59.8 Å². The van der Waals surface area contributed by atoms with Gasteiger partial charge in [0, 0.05) is 6.04 Å². The average molecular weight is 308 g/mol. The number of nitrogens with one attached hydrogen (secondary N) is 1. The smallest absolute Gasteiger partial charge is 0.242 e. The number of carbonyl (C=O) groups is 1. The van der Waals surface area contributed by atoms with Crippen molar-refractivity contribution in [2.24, 2.45) is 0 Å². The first-order valence-corrected chi connectivity index (χ1v) is 7.84. The van der Waals surface area contributed by atoms with Crippen LogP contribution in [-0.4, -0.2) is 26.9 Å². The van der Waals surface area contributed by atoms with Gasteiger partial charge in [0.2, 0.25) is 5.91 Å². The van der Waals surface area contributed by atoms with Crippen molar-refractivity contribution < 1.29 is 4.79 Å². The molecule has 0 saturated carbocycles. The summed E-state index contributed by atoms with van der Waals surface area (Å²) in [6.45, 7) is 2.22. The van der Waals surface area contributed by atoms with Gasteiger partial charge < -0.3 is 5.32 Å². The van der Waals surface area contributed by atoms with Gasteiger partial charge in [-0.1, -0.05) is 47.7 Å². The third kappa shape index (κ3) is 3.94. The van der Waals surface area contributed by atoms with Crippen LogP contribution in [-0.2, 0) is 17.8 Å². The zero-order chi connectivity index (χ0) is 16.1. The SMILES string of the molecule is CC(CCc1ccccc1)NC(=O)Cn1nnc2ccccc21. The van der Waals surface area contributed by atoms with Gasteiger partial charge in [0.15, 0.2) is 0 Å². The van der Waals surface area contributed by atoms with E-state index in [-0.39, 0.29) is 18.5 Å². The van der Waals surface area contributed by atoms with Crippen molar-refractivity contribution in [3.05, 3.63) is 60.2 Å². The molecule has 3 rings (SSSR count). The number of amides is 1. The zero-order valence-corrected chi connectivity index (χ0v) is 13.1. The molecule has 5 heteroatoms. The number of aryl methyl sites for hydroxylation is 1. The summed E-state index contributed by atoms with van der Waals surface area (Å²) in [6.07, 6.45) is 1.86. The van der Waals surface area contributed by atoms with E-state index in [0.717, 1.165) is 23.9 Å². The minimum Gasteiger partial charge on any atom is -0.352 e. The van der Waals surface area contributed by atoms with Crippen LogP contribution in [0.4, 0.5) is 0 Å². The Morgan fingerprint density at radius 2 is 1.87 bits per heavy atom. The van der Waals surface area contributed by atoms with Gasteiger partial charge in [-0.15, -0.1) is 5.10 Å². The second kappa shape index (κ2) is 7.05. The molecule has 0 aliphatic heterocycles. The summed E-state index contributed by atoms with van der Waals surface area (Å²) < 4.78 is 1.63. The fourth-order valence-corrected chi connectivity index (χ4v) is 2.59. The van der Waals surface area contributed by atoms with Crippen LogP contribution in [0.15, 0.2) is 54.6 Å². The van der Waals surface area contributed by atoms with E-state index in [0.29, 0.717) is 0 Å². The molecule has 1 atom stereocenters. The predicted molar refractivity (Wildman–Crippen MR) is 89.9 cm³/mol. The van der Waals surface area contributed by atoms with Gasteiger partial charge in [0.25, 0.3) is 0 Å². The number of nitrogens with zero attached hydrogens (tertiary/aromatic N) is 3. The van der Waals surface area contributed by atoms with Gasteiger partial charge in [0.1, 0.15) is 12.1 Å². The molecular weight excluding hydrogens is 288 g/mol. The summed E-state index contributed by atoms with van der Waals surface area (Å²) in [4.78, 5) is 12.2. The van der Waals surface area contributed by atoms with E-state index in [9.17, 15) is 4.79 Å². The van der Waals surface area contributed by atoms with Gasteiger partial charge in [-0.05, 0) is 37.5 Å². The summed E-state index contributed by atoms with van der Waals surface area (Å²) in [7, 11) is 0. The lowest BCUT2D eigenvalue weighted by molar-refractivity contribution is -0.122. The standard InChI is InChI=1S/C18H20N4O/c1-14(11-12-15-7-3-2-4-8-15)19-18(23)13-22-17-10-6-5-9-16(17)20-21-22/h2-10,14H,11-13H2,1H3,(H,19,23). The van der Waals surface area contributed by atoms with E-state index in [1.54, 1.807) is 4.68 Å². The molecule has 0 aliphatic carbocycles. The maximum Gasteiger partial charge on any atom is 0.242 e. The van der Waals surface area contributed by atoms with Crippen molar-refractivity contribution in [3.63, 3.8) is 0 Å². The molecule has 1 heterocycles. The molecule has 0 aliphatic rings. The number of para-hydroxylation sites is 1. The first-order valence-electron chi connectivity index (χ1n) is 7.84. The summed E-state index contributed by atoms with van der Waals surface area (Å²) in [5, 5.41) is 11.1. The van der Waals surface area contributed by atoms with Crippen LogP contribution >= 0.6 is 0 Å². The van der Waals surface area contributed by atoms with Crippen LogP contribution in [0, 0.1) is 0 Å². The lowest BCUT2D eigenvalue weighted by Crippen LogP contribution is -2.35. The highest BCUT2D eigenvalue weighted by Crippen LogP contribution is 2.09. The highest BCUT2D eigenvalue weighted by atomic mass is 16.2. The monoisotopic (exact) mass is 308 g/mol. The van der Waals surface area contributed by atoms with Gasteiger partial charge in [-0.2, -0.15) is 0 Å². The molecule has 2 aromatic carbocycles. The van der Waals surface area contributed by atoms with E-state index in [1.165, 1.54) is 5.56 Å². The lowest BCUT2D eigenvalue weighted by atomic mass is 10.1. The van der Waals surface area contributed by atoms with Crippen molar-refractivity contribution in [1.29, 1.82) is 0 Å². The number of fused-ring (bicyclic) bond motifs is 1. The van der Waals surface area contributed by atoms with Crippen LogP contribution in [0.3, 0.4) is 0 Å². The molecule has 1 N–H and O–H groups in total. The molecule has 0 saturated heterocycles. The van der Waals surface area contributed by atoms with Crippen LogP contribution < -0.4 is 5.32 Å². The summed E-state index contributed by atoms with van der Waals surface area (Å²) in [5.74, 6) is -0.0405. The van der Waals surface area contributed by atoms with Gasteiger partial charge in [-0.25, -0.2) is 4.68 Å². The Kier molecular flexibility index (Phi) is 4.66. The van der Waals surface area contributed by atoms with Crippen molar-refractivity contribution in [2.45, 2.75) is 32.4 Å². The third-order valence-corrected chi connectivity index (χ3v) is 3.83. The molecule has 0 fully saturated rings. The number of hydrogen-bond acceptors (Lipinski definition) is 3. The molecule has 0 spiro atoms. The van der Waals surface area contributed by atoms with Crippen LogP contribution in [0.5, 0.6) is 0 Å². The third-order valence-electron chi connectivity index (χ3n) is 3.83. The van der Waals surface area contributed by atoms with E-state index in [2.05, 4.69) is 27.8 Å². The number of aromatic nitrogens is 3. The molecule has 0 bridgehead atoms. The number of hydrogen-bond donors (Lipinski definition) is 1. The van der Waals surface area contributed by atoms with Crippen molar-refractivity contribution >= 4 is 16.9 Å². The summed E-state index contributed by atoms with van der Waals surface area (Å²) >= 11 is 0.